The maximum absolute atomic E-state index is 10.2. The number of ether oxygens (including phenoxy) is 1. The van der Waals surface area contributed by atoms with Crippen LogP contribution in [0.1, 0.15) is 49.8 Å². The lowest BCUT2D eigenvalue weighted by atomic mass is 9.58. The molecule has 0 radical (unpaired) electrons. The lowest BCUT2D eigenvalue weighted by Crippen LogP contribution is -2.57. The average molecular weight is 271 g/mol. The van der Waals surface area contributed by atoms with E-state index in [1.165, 1.54) is 30.4 Å². The van der Waals surface area contributed by atoms with Gasteiger partial charge < -0.3 is 9.84 Å². The van der Waals surface area contributed by atoms with Gasteiger partial charge in [-0.05, 0) is 57.2 Å². The normalized spacial score (nSPS) is 44.3. The number of nitrogens with zero attached hydrogens (tertiary/aromatic N) is 1. The Morgan fingerprint density at radius 3 is 3.05 bits per heavy atom. The van der Waals surface area contributed by atoms with Crippen molar-refractivity contribution < 1.29 is 9.84 Å². The quantitative estimate of drug-likeness (QED) is 0.787. The van der Waals surface area contributed by atoms with Gasteiger partial charge in [0.05, 0.1) is 0 Å². The zero-order chi connectivity index (χ0) is 13.6. The van der Waals surface area contributed by atoms with E-state index in [4.69, 9.17) is 4.74 Å². The number of fused-ring (bicyclic) bond motifs is 2. The largest absolute Gasteiger partial charge is 0.504 e. The SMILES string of the molecule is CC1C2CCCC3Oc4c(O)ccc5c4C32CC5N1C. The van der Waals surface area contributed by atoms with Crippen LogP contribution in [0, 0.1) is 5.92 Å². The third kappa shape index (κ3) is 0.996. The van der Waals surface area contributed by atoms with Crippen molar-refractivity contribution in [1.82, 2.24) is 4.90 Å². The second kappa shape index (κ2) is 3.33. The molecule has 5 unspecified atom stereocenters. The zero-order valence-electron chi connectivity index (χ0n) is 12.1. The molecule has 2 bridgehead atoms. The summed E-state index contributed by atoms with van der Waals surface area (Å²) in [6.45, 7) is 2.38. The smallest absolute Gasteiger partial charge is 0.165 e. The van der Waals surface area contributed by atoms with E-state index in [0.29, 0.717) is 29.9 Å². The molecule has 0 aromatic heterocycles. The monoisotopic (exact) mass is 271 g/mol. The summed E-state index contributed by atoms with van der Waals surface area (Å²) in [4.78, 5) is 2.56. The fourth-order valence-electron chi connectivity index (χ4n) is 5.81. The van der Waals surface area contributed by atoms with Crippen LogP contribution in [-0.4, -0.2) is 29.2 Å². The molecule has 2 aliphatic heterocycles. The molecule has 0 amide bonds. The standard InChI is InChI=1S/C17H21NO2/c1-9-11-4-3-5-14-17(11)8-12(18(9)2)10-6-7-13(19)16(20-14)15(10)17/h6-7,9,11-12,14,19H,3-5,8H2,1-2H3. The van der Waals surface area contributed by atoms with Crippen LogP contribution in [-0.2, 0) is 5.41 Å². The van der Waals surface area contributed by atoms with Crippen molar-refractivity contribution in [1.29, 1.82) is 0 Å². The lowest BCUT2D eigenvalue weighted by Gasteiger charge is -2.52. The Labute approximate surface area is 119 Å². The number of benzene rings is 1. The van der Waals surface area contributed by atoms with Crippen molar-refractivity contribution in [3.63, 3.8) is 0 Å². The molecule has 20 heavy (non-hydrogen) atoms. The highest BCUT2D eigenvalue weighted by Crippen LogP contribution is 2.68. The predicted molar refractivity (Wildman–Crippen MR) is 76.1 cm³/mol. The number of phenols is 1. The number of aromatic hydroxyl groups is 1. The van der Waals surface area contributed by atoms with Crippen LogP contribution in [0.5, 0.6) is 11.5 Å². The second-order valence-corrected chi connectivity index (χ2v) is 7.19. The van der Waals surface area contributed by atoms with Gasteiger partial charge in [0.2, 0.25) is 0 Å². The molecule has 5 rings (SSSR count). The first-order chi connectivity index (χ1) is 9.64. The Bertz CT molecular complexity index is 613. The molecule has 4 aliphatic rings. The molecule has 1 aromatic rings. The van der Waals surface area contributed by atoms with Gasteiger partial charge in [-0.3, -0.25) is 4.90 Å². The molecular weight excluding hydrogens is 250 g/mol. The van der Waals surface area contributed by atoms with Crippen LogP contribution in [0.3, 0.4) is 0 Å². The van der Waals surface area contributed by atoms with E-state index in [1.54, 1.807) is 0 Å². The number of piperidine rings is 1. The average Bonchev–Trinajstić information content (AvgIpc) is 2.93. The summed E-state index contributed by atoms with van der Waals surface area (Å²) in [6, 6.07) is 5.08. The Balaban J connectivity index is 1.85. The molecule has 1 saturated heterocycles. The first-order valence-electron chi connectivity index (χ1n) is 7.89. The van der Waals surface area contributed by atoms with Crippen molar-refractivity contribution in [3.05, 3.63) is 23.3 Å². The van der Waals surface area contributed by atoms with Crippen LogP contribution in [0.25, 0.3) is 0 Å². The van der Waals surface area contributed by atoms with Gasteiger partial charge in [0.25, 0.3) is 0 Å². The predicted octanol–water partition coefficient (Wildman–Crippen LogP) is 2.97. The summed E-state index contributed by atoms with van der Waals surface area (Å²) < 4.78 is 6.24. The second-order valence-electron chi connectivity index (χ2n) is 7.19. The minimum Gasteiger partial charge on any atom is -0.504 e. The topological polar surface area (TPSA) is 32.7 Å². The summed E-state index contributed by atoms with van der Waals surface area (Å²) in [6.07, 6.45) is 5.18. The van der Waals surface area contributed by atoms with Crippen molar-refractivity contribution in [2.75, 3.05) is 7.05 Å². The van der Waals surface area contributed by atoms with Crippen LogP contribution < -0.4 is 4.74 Å². The minimum atomic E-state index is 0.193. The minimum absolute atomic E-state index is 0.193. The Morgan fingerprint density at radius 1 is 1.35 bits per heavy atom. The summed E-state index contributed by atoms with van der Waals surface area (Å²) in [5.74, 6) is 1.82. The Kier molecular flexibility index (Phi) is 1.90. The summed E-state index contributed by atoms with van der Waals surface area (Å²) in [7, 11) is 2.27. The highest BCUT2D eigenvalue weighted by Gasteiger charge is 2.66. The number of hydrogen-bond donors (Lipinski definition) is 1. The van der Waals surface area contributed by atoms with Crippen molar-refractivity contribution in [2.45, 2.75) is 56.2 Å². The maximum atomic E-state index is 10.2. The molecule has 1 saturated carbocycles. The van der Waals surface area contributed by atoms with E-state index in [-0.39, 0.29) is 5.41 Å². The molecule has 5 atom stereocenters. The van der Waals surface area contributed by atoms with Crippen LogP contribution in [0.15, 0.2) is 12.1 Å². The van der Waals surface area contributed by atoms with Gasteiger partial charge in [-0.15, -0.1) is 0 Å². The van der Waals surface area contributed by atoms with Gasteiger partial charge >= 0.3 is 0 Å². The van der Waals surface area contributed by atoms with Gasteiger partial charge in [0, 0.05) is 23.1 Å². The molecule has 2 aliphatic carbocycles. The van der Waals surface area contributed by atoms with Crippen molar-refractivity contribution in [3.8, 4) is 11.5 Å². The van der Waals surface area contributed by atoms with E-state index >= 15 is 0 Å². The molecule has 3 heteroatoms. The number of hydrogen-bond acceptors (Lipinski definition) is 3. The summed E-state index contributed by atoms with van der Waals surface area (Å²) >= 11 is 0. The van der Waals surface area contributed by atoms with Crippen LogP contribution in [0.2, 0.25) is 0 Å². The van der Waals surface area contributed by atoms with Gasteiger partial charge in [0.15, 0.2) is 11.5 Å². The maximum Gasteiger partial charge on any atom is 0.165 e. The van der Waals surface area contributed by atoms with E-state index in [2.05, 4.69) is 24.9 Å². The molecule has 3 nitrogen and oxygen atoms in total. The molecular formula is C17H21NO2. The van der Waals surface area contributed by atoms with E-state index in [0.717, 1.165) is 12.2 Å². The third-order valence-electron chi connectivity index (χ3n) is 6.72. The number of rotatable bonds is 0. The summed E-state index contributed by atoms with van der Waals surface area (Å²) in [5.41, 5.74) is 2.98. The van der Waals surface area contributed by atoms with Gasteiger partial charge in [-0.25, -0.2) is 0 Å². The Morgan fingerprint density at radius 2 is 2.20 bits per heavy atom. The Hall–Kier alpha value is -1.22. The van der Waals surface area contributed by atoms with E-state index in [9.17, 15) is 5.11 Å². The fraction of sp³-hybridized carbons (Fsp3) is 0.647. The number of likely N-dealkylation sites (tertiary alicyclic amines) is 1. The van der Waals surface area contributed by atoms with Crippen molar-refractivity contribution >= 4 is 0 Å². The van der Waals surface area contributed by atoms with Crippen molar-refractivity contribution in [2.24, 2.45) is 5.92 Å². The highest BCUT2D eigenvalue weighted by molar-refractivity contribution is 5.62. The zero-order valence-corrected chi connectivity index (χ0v) is 12.1. The third-order valence-corrected chi connectivity index (χ3v) is 6.72. The van der Waals surface area contributed by atoms with E-state index in [1.807, 2.05) is 6.07 Å². The molecule has 1 spiro atoms. The molecule has 1 N–H and O–H groups in total. The molecule has 1 aromatic carbocycles. The fourth-order valence-corrected chi connectivity index (χ4v) is 5.81. The summed E-state index contributed by atoms with van der Waals surface area (Å²) in [5, 5.41) is 10.2. The first kappa shape index (κ1) is 11.4. The lowest BCUT2D eigenvalue weighted by molar-refractivity contribution is -0.0448. The van der Waals surface area contributed by atoms with Gasteiger partial charge in [-0.1, -0.05) is 6.07 Å². The molecule has 2 heterocycles. The number of phenolic OH excluding ortho intramolecular Hbond substituents is 1. The first-order valence-corrected chi connectivity index (χ1v) is 7.89. The highest BCUT2D eigenvalue weighted by atomic mass is 16.5. The van der Waals surface area contributed by atoms with E-state index < -0.39 is 0 Å². The molecule has 2 fully saturated rings. The van der Waals surface area contributed by atoms with Gasteiger partial charge in [-0.2, -0.15) is 0 Å². The molecule has 106 valence electrons. The van der Waals surface area contributed by atoms with Crippen LogP contribution in [0.4, 0.5) is 0 Å². The van der Waals surface area contributed by atoms with Crippen LogP contribution >= 0.6 is 0 Å². The van der Waals surface area contributed by atoms with Gasteiger partial charge in [0.1, 0.15) is 6.10 Å².